The van der Waals surface area contributed by atoms with E-state index in [0.29, 0.717) is 18.2 Å². The van der Waals surface area contributed by atoms with Crippen LogP contribution in [-0.2, 0) is 11.3 Å². The Hall–Kier alpha value is -1.16. The standard InChI is InChI=1S/C25H36N2O2/c1-24(29)7-5-16-15(12-24)3-4-18-17(16)6-8-25(2)22(18)19-11-20(19)23(25)21(28)13-27-10-9-26-14-27/h9-10,14-20,22-23,29H,3-8,11-13H2,1-2H3/t15-,16+,17-,18-,19-,20+,22-,23-,24-,25+/m1/s1. The molecule has 1 N–H and O–H groups in total. The van der Waals surface area contributed by atoms with E-state index in [1.807, 2.05) is 10.8 Å². The molecule has 5 saturated carbocycles. The first-order valence-corrected chi connectivity index (χ1v) is 12.1. The molecule has 5 aliphatic carbocycles. The number of carbonyl (C=O) groups is 1. The Morgan fingerprint density at radius 3 is 2.69 bits per heavy atom. The van der Waals surface area contributed by atoms with E-state index < -0.39 is 5.60 Å². The second kappa shape index (κ2) is 6.18. The zero-order valence-corrected chi connectivity index (χ0v) is 18.0. The summed E-state index contributed by atoms with van der Waals surface area (Å²) in [6, 6.07) is 0. The van der Waals surface area contributed by atoms with Gasteiger partial charge in [-0.25, -0.2) is 4.98 Å². The molecule has 6 rings (SSSR count). The summed E-state index contributed by atoms with van der Waals surface area (Å²) in [5, 5.41) is 10.6. The molecule has 0 bridgehead atoms. The Bertz CT molecular complexity index is 802. The largest absolute Gasteiger partial charge is 0.390 e. The van der Waals surface area contributed by atoms with Crippen molar-refractivity contribution in [2.45, 2.75) is 77.4 Å². The first-order valence-electron chi connectivity index (χ1n) is 12.1. The topological polar surface area (TPSA) is 55.1 Å². The van der Waals surface area contributed by atoms with Crippen molar-refractivity contribution in [2.75, 3.05) is 0 Å². The third kappa shape index (κ3) is 2.73. The number of rotatable bonds is 3. The van der Waals surface area contributed by atoms with E-state index in [0.717, 1.165) is 48.3 Å². The van der Waals surface area contributed by atoms with E-state index in [2.05, 4.69) is 18.8 Å². The maximum Gasteiger partial charge on any atom is 0.156 e. The number of Topliss-reactive ketones (excluding diaryl/α,β-unsaturated/α-hetero) is 1. The summed E-state index contributed by atoms with van der Waals surface area (Å²) in [7, 11) is 0. The molecule has 0 unspecified atom stereocenters. The third-order valence-electron chi connectivity index (χ3n) is 10.3. The van der Waals surface area contributed by atoms with Crippen LogP contribution in [0.3, 0.4) is 0 Å². The predicted molar refractivity (Wildman–Crippen MR) is 111 cm³/mol. The first kappa shape index (κ1) is 18.6. The van der Waals surface area contributed by atoms with Gasteiger partial charge in [0, 0.05) is 18.3 Å². The van der Waals surface area contributed by atoms with Crippen LogP contribution in [0.2, 0.25) is 0 Å². The average Bonchev–Trinajstić information content (AvgIpc) is 3.12. The van der Waals surface area contributed by atoms with E-state index in [9.17, 15) is 9.90 Å². The normalized spacial score (nSPS) is 52.8. The number of hydrogen-bond donors (Lipinski definition) is 1. The van der Waals surface area contributed by atoms with Crippen LogP contribution in [0.25, 0.3) is 0 Å². The van der Waals surface area contributed by atoms with E-state index >= 15 is 0 Å². The molecule has 1 aromatic heterocycles. The fraction of sp³-hybridized carbons (Fsp3) is 0.840. The molecule has 4 heteroatoms. The number of carbonyl (C=O) groups excluding carboxylic acids is 1. The smallest absolute Gasteiger partial charge is 0.156 e. The van der Waals surface area contributed by atoms with Gasteiger partial charge in [-0.2, -0.15) is 0 Å². The van der Waals surface area contributed by atoms with Crippen molar-refractivity contribution in [1.29, 1.82) is 0 Å². The van der Waals surface area contributed by atoms with Crippen molar-refractivity contribution >= 4 is 5.78 Å². The fourth-order valence-electron chi connectivity index (χ4n) is 9.31. The lowest BCUT2D eigenvalue weighted by Gasteiger charge is -2.57. The van der Waals surface area contributed by atoms with Gasteiger partial charge >= 0.3 is 0 Å². The number of nitrogens with zero attached hydrogens (tertiary/aromatic N) is 2. The molecule has 0 saturated heterocycles. The quantitative estimate of drug-likeness (QED) is 0.827. The summed E-state index contributed by atoms with van der Waals surface area (Å²) in [5.41, 5.74) is -0.212. The zero-order chi connectivity index (χ0) is 20.0. The lowest BCUT2D eigenvalue weighted by atomic mass is 9.48. The van der Waals surface area contributed by atoms with Crippen LogP contribution in [0, 0.1) is 52.8 Å². The second-order valence-corrected chi connectivity index (χ2v) is 11.9. The van der Waals surface area contributed by atoms with Crippen molar-refractivity contribution in [3.05, 3.63) is 18.7 Å². The molecule has 0 aromatic carbocycles. The van der Waals surface area contributed by atoms with Gasteiger partial charge in [0.25, 0.3) is 0 Å². The molecule has 0 aliphatic heterocycles. The number of imidazole rings is 1. The number of aromatic nitrogens is 2. The van der Waals surface area contributed by atoms with Gasteiger partial charge in [-0.1, -0.05) is 6.92 Å². The average molecular weight is 397 g/mol. The van der Waals surface area contributed by atoms with Crippen molar-refractivity contribution in [3.63, 3.8) is 0 Å². The maximum atomic E-state index is 13.4. The lowest BCUT2D eigenvalue weighted by molar-refractivity contribution is -0.136. The minimum atomic E-state index is -0.434. The molecule has 10 atom stereocenters. The molecule has 0 spiro atoms. The molecule has 1 aromatic rings. The van der Waals surface area contributed by atoms with Gasteiger partial charge in [-0.3, -0.25) is 4.79 Å². The van der Waals surface area contributed by atoms with E-state index in [1.54, 1.807) is 12.5 Å². The SMILES string of the molecule is C[C@@]1(O)CC[C@H]2[C@H](CC[C@@H]3[C@@H]2CC[C@@]2(C)[C@H]3[C@@H]3C[C@@H]3[C@@H]2C(=O)Cn2ccnc2)C1. The highest BCUT2D eigenvalue weighted by molar-refractivity contribution is 5.83. The molecule has 5 fully saturated rings. The van der Waals surface area contributed by atoms with Crippen LogP contribution < -0.4 is 0 Å². The third-order valence-corrected chi connectivity index (χ3v) is 10.3. The van der Waals surface area contributed by atoms with Gasteiger partial charge in [0.1, 0.15) is 0 Å². The van der Waals surface area contributed by atoms with Crippen LogP contribution in [-0.4, -0.2) is 26.0 Å². The number of aliphatic hydroxyl groups is 1. The highest BCUT2D eigenvalue weighted by Crippen LogP contribution is 2.74. The van der Waals surface area contributed by atoms with Gasteiger partial charge in [0.05, 0.1) is 18.5 Å². The minimum Gasteiger partial charge on any atom is -0.390 e. The fourth-order valence-corrected chi connectivity index (χ4v) is 9.31. The monoisotopic (exact) mass is 396 g/mol. The van der Waals surface area contributed by atoms with E-state index in [4.69, 9.17) is 0 Å². The van der Waals surface area contributed by atoms with Gasteiger partial charge in [-0.05, 0) is 105 Å². The van der Waals surface area contributed by atoms with Crippen molar-refractivity contribution in [3.8, 4) is 0 Å². The molecular weight excluding hydrogens is 360 g/mol. The Morgan fingerprint density at radius 2 is 1.90 bits per heavy atom. The summed E-state index contributed by atoms with van der Waals surface area (Å²) in [5.74, 6) is 6.22. The molecule has 5 aliphatic rings. The Kier molecular flexibility index (Phi) is 3.96. The van der Waals surface area contributed by atoms with Gasteiger partial charge in [0.2, 0.25) is 0 Å². The molecule has 29 heavy (non-hydrogen) atoms. The highest BCUT2D eigenvalue weighted by atomic mass is 16.3. The summed E-state index contributed by atoms with van der Waals surface area (Å²) >= 11 is 0. The van der Waals surface area contributed by atoms with Crippen LogP contribution in [0.15, 0.2) is 18.7 Å². The van der Waals surface area contributed by atoms with Crippen molar-refractivity contribution < 1.29 is 9.90 Å². The zero-order valence-electron chi connectivity index (χ0n) is 18.0. The number of fused-ring (bicyclic) bond motifs is 7. The molecule has 158 valence electrons. The summed E-state index contributed by atoms with van der Waals surface area (Å²) < 4.78 is 1.96. The van der Waals surface area contributed by atoms with Crippen LogP contribution in [0.4, 0.5) is 0 Å². The second-order valence-electron chi connectivity index (χ2n) is 11.9. The Morgan fingerprint density at radius 1 is 1.07 bits per heavy atom. The Balaban J connectivity index is 1.24. The lowest BCUT2D eigenvalue weighted by Crippen LogP contribution is -2.52. The Labute approximate surface area is 174 Å². The number of hydrogen-bond acceptors (Lipinski definition) is 3. The van der Waals surface area contributed by atoms with Crippen LogP contribution >= 0.6 is 0 Å². The molecule has 1 heterocycles. The number of ketones is 1. The van der Waals surface area contributed by atoms with Crippen molar-refractivity contribution in [2.24, 2.45) is 52.8 Å². The van der Waals surface area contributed by atoms with Crippen LogP contribution in [0.5, 0.6) is 0 Å². The van der Waals surface area contributed by atoms with E-state index in [-0.39, 0.29) is 11.3 Å². The van der Waals surface area contributed by atoms with Crippen molar-refractivity contribution in [1.82, 2.24) is 9.55 Å². The van der Waals surface area contributed by atoms with Gasteiger partial charge in [0.15, 0.2) is 5.78 Å². The predicted octanol–water partition coefficient (Wildman–Crippen LogP) is 4.33. The van der Waals surface area contributed by atoms with E-state index in [1.165, 1.54) is 38.5 Å². The van der Waals surface area contributed by atoms with Gasteiger partial charge < -0.3 is 9.67 Å². The molecular formula is C25H36N2O2. The summed E-state index contributed by atoms with van der Waals surface area (Å²) in [6.07, 6.45) is 15.2. The molecule has 0 radical (unpaired) electrons. The maximum absolute atomic E-state index is 13.4. The first-order chi connectivity index (χ1) is 13.9. The van der Waals surface area contributed by atoms with Crippen LogP contribution in [0.1, 0.15) is 65.2 Å². The summed E-state index contributed by atoms with van der Waals surface area (Å²) in [6.45, 7) is 5.04. The minimum absolute atomic E-state index is 0.222. The molecule has 0 amide bonds. The highest BCUT2D eigenvalue weighted by Gasteiger charge is 2.70. The summed E-state index contributed by atoms with van der Waals surface area (Å²) in [4.78, 5) is 17.5. The molecule has 4 nitrogen and oxygen atoms in total. The van der Waals surface area contributed by atoms with Gasteiger partial charge in [-0.15, -0.1) is 0 Å².